The molecular weight excluding hydrogens is 350 g/mol. The molecule has 0 unspecified atom stereocenters. The third-order valence-electron chi connectivity index (χ3n) is 3.03. The number of likely N-dealkylation sites (N-methyl/N-ethyl adjacent to an activating group) is 1. The zero-order valence-corrected chi connectivity index (χ0v) is 14.7. The van der Waals surface area contributed by atoms with Gasteiger partial charge in [0.2, 0.25) is 11.8 Å². The fourth-order valence-corrected chi connectivity index (χ4v) is 2.24. The van der Waals surface area contributed by atoms with E-state index in [1.54, 1.807) is 14.2 Å². The minimum atomic E-state index is -0.224. The molecule has 7 heteroatoms. The van der Waals surface area contributed by atoms with Crippen LogP contribution in [-0.2, 0) is 14.3 Å². The van der Waals surface area contributed by atoms with E-state index in [0.717, 1.165) is 15.7 Å². The van der Waals surface area contributed by atoms with Gasteiger partial charge in [0.25, 0.3) is 0 Å². The summed E-state index contributed by atoms with van der Waals surface area (Å²) in [6.45, 7) is 3.25. The normalized spacial score (nSPS) is 10.4. The first-order valence-electron chi connectivity index (χ1n) is 6.93. The molecule has 0 aliphatic rings. The molecule has 0 atom stereocenters. The quantitative estimate of drug-likeness (QED) is 0.677. The molecule has 0 saturated heterocycles. The van der Waals surface area contributed by atoms with E-state index in [1.807, 2.05) is 25.1 Å². The van der Waals surface area contributed by atoms with Gasteiger partial charge < -0.3 is 20.3 Å². The zero-order valence-electron chi connectivity index (χ0n) is 13.1. The molecule has 0 bridgehead atoms. The second kappa shape index (κ2) is 9.55. The first-order chi connectivity index (χ1) is 10.4. The second-order valence-corrected chi connectivity index (χ2v) is 5.84. The molecule has 0 radical (unpaired) electrons. The van der Waals surface area contributed by atoms with Crippen LogP contribution in [0.25, 0.3) is 0 Å². The van der Waals surface area contributed by atoms with Gasteiger partial charge in [0.1, 0.15) is 0 Å². The molecule has 6 nitrogen and oxygen atoms in total. The lowest BCUT2D eigenvalue weighted by molar-refractivity contribution is -0.132. The zero-order chi connectivity index (χ0) is 16.5. The van der Waals surface area contributed by atoms with Crippen molar-refractivity contribution in [2.45, 2.75) is 6.92 Å². The molecule has 0 saturated carbocycles. The summed E-state index contributed by atoms with van der Waals surface area (Å²) < 4.78 is 5.84. The molecule has 0 aliphatic carbocycles. The molecular formula is C15H22BrN3O3. The Morgan fingerprint density at radius 1 is 1.36 bits per heavy atom. The van der Waals surface area contributed by atoms with Crippen LogP contribution in [0.2, 0.25) is 0 Å². The summed E-state index contributed by atoms with van der Waals surface area (Å²) in [4.78, 5) is 25.2. The molecule has 0 fully saturated rings. The van der Waals surface area contributed by atoms with Gasteiger partial charge in [-0.3, -0.25) is 9.59 Å². The van der Waals surface area contributed by atoms with Crippen molar-refractivity contribution >= 4 is 33.4 Å². The number of rotatable bonds is 8. The highest BCUT2D eigenvalue weighted by molar-refractivity contribution is 9.10. The van der Waals surface area contributed by atoms with Gasteiger partial charge in [0.05, 0.1) is 19.7 Å². The Balaban J connectivity index is 2.41. The lowest BCUT2D eigenvalue weighted by atomic mass is 10.2. The van der Waals surface area contributed by atoms with E-state index < -0.39 is 0 Å². The Morgan fingerprint density at radius 2 is 2.09 bits per heavy atom. The fraction of sp³-hybridized carbons (Fsp3) is 0.467. The van der Waals surface area contributed by atoms with Gasteiger partial charge in [0, 0.05) is 30.9 Å². The maximum Gasteiger partial charge on any atom is 0.243 e. The highest BCUT2D eigenvalue weighted by atomic mass is 79.9. The highest BCUT2D eigenvalue weighted by Crippen LogP contribution is 2.19. The summed E-state index contributed by atoms with van der Waals surface area (Å²) in [5.41, 5.74) is 1.70. The van der Waals surface area contributed by atoms with Gasteiger partial charge in [-0.1, -0.05) is 15.9 Å². The Labute approximate surface area is 139 Å². The van der Waals surface area contributed by atoms with E-state index in [4.69, 9.17) is 4.74 Å². The molecule has 2 amide bonds. The van der Waals surface area contributed by atoms with E-state index in [1.165, 1.54) is 4.90 Å². The summed E-state index contributed by atoms with van der Waals surface area (Å²) >= 11 is 3.38. The van der Waals surface area contributed by atoms with Crippen LogP contribution < -0.4 is 10.6 Å². The average Bonchev–Trinajstić information content (AvgIpc) is 2.46. The number of hydrogen-bond donors (Lipinski definition) is 2. The summed E-state index contributed by atoms with van der Waals surface area (Å²) in [6, 6.07) is 5.60. The van der Waals surface area contributed by atoms with Crippen molar-refractivity contribution in [3.8, 4) is 0 Å². The van der Waals surface area contributed by atoms with Crippen molar-refractivity contribution in [1.29, 1.82) is 0 Å². The van der Waals surface area contributed by atoms with Gasteiger partial charge in [-0.15, -0.1) is 0 Å². The van der Waals surface area contributed by atoms with Crippen molar-refractivity contribution in [2.24, 2.45) is 0 Å². The lowest BCUT2D eigenvalue weighted by Crippen LogP contribution is -2.40. The van der Waals surface area contributed by atoms with Crippen molar-refractivity contribution in [3.63, 3.8) is 0 Å². The summed E-state index contributed by atoms with van der Waals surface area (Å²) in [5, 5.41) is 5.76. The number of amides is 2. The van der Waals surface area contributed by atoms with Crippen molar-refractivity contribution in [3.05, 3.63) is 28.2 Å². The number of hydrogen-bond acceptors (Lipinski definition) is 4. The van der Waals surface area contributed by atoms with Crippen LogP contribution >= 0.6 is 15.9 Å². The van der Waals surface area contributed by atoms with Crippen LogP contribution in [0.4, 0.5) is 5.69 Å². The molecule has 0 heterocycles. The molecule has 0 aromatic heterocycles. The van der Waals surface area contributed by atoms with Gasteiger partial charge in [-0.25, -0.2) is 0 Å². The molecule has 2 N–H and O–H groups in total. The fourth-order valence-electron chi connectivity index (χ4n) is 1.77. The van der Waals surface area contributed by atoms with E-state index >= 15 is 0 Å². The Morgan fingerprint density at radius 3 is 2.73 bits per heavy atom. The van der Waals surface area contributed by atoms with E-state index in [2.05, 4.69) is 26.6 Å². The Bertz CT molecular complexity index is 523. The molecule has 0 aliphatic heterocycles. The number of ether oxygens (including phenoxy) is 1. The maximum atomic E-state index is 12.0. The number of aryl methyl sites for hydroxylation is 1. The first-order valence-corrected chi connectivity index (χ1v) is 7.73. The Hall–Kier alpha value is -1.44. The van der Waals surface area contributed by atoms with Crippen LogP contribution in [-0.4, -0.2) is 57.1 Å². The number of halogens is 1. The molecule has 1 aromatic carbocycles. The number of nitrogens with one attached hydrogen (secondary N) is 2. The molecule has 1 rings (SSSR count). The monoisotopic (exact) mass is 371 g/mol. The average molecular weight is 372 g/mol. The van der Waals surface area contributed by atoms with Crippen LogP contribution in [0.5, 0.6) is 0 Å². The van der Waals surface area contributed by atoms with Gasteiger partial charge in [-0.05, 0) is 30.7 Å². The smallest absolute Gasteiger partial charge is 0.243 e. The third kappa shape index (κ3) is 6.55. The molecule has 22 heavy (non-hydrogen) atoms. The summed E-state index contributed by atoms with van der Waals surface area (Å²) in [6.07, 6.45) is 0. The lowest BCUT2D eigenvalue weighted by Gasteiger charge is -2.17. The van der Waals surface area contributed by atoms with Crippen molar-refractivity contribution < 1.29 is 14.3 Å². The SMILES string of the molecule is COCCNCC(=O)N(C)CC(=O)Nc1ccc(Br)cc1C. The minimum absolute atomic E-state index is 0.0142. The van der Waals surface area contributed by atoms with Crippen molar-refractivity contribution in [1.82, 2.24) is 10.2 Å². The second-order valence-electron chi connectivity index (χ2n) is 4.93. The number of nitrogens with zero attached hydrogens (tertiary/aromatic N) is 1. The van der Waals surface area contributed by atoms with Gasteiger partial charge >= 0.3 is 0 Å². The largest absolute Gasteiger partial charge is 0.383 e. The number of carbonyl (C=O) groups is 2. The third-order valence-corrected chi connectivity index (χ3v) is 3.52. The molecule has 0 spiro atoms. The topological polar surface area (TPSA) is 70.7 Å². The first kappa shape index (κ1) is 18.6. The van der Waals surface area contributed by atoms with E-state index in [0.29, 0.717) is 13.2 Å². The molecule has 122 valence electrons. The summed E-state index contributed by atoms with van der Waals surface area (Å²) in [7, 11) is 3.21. The number of benzene rings is 1. The van der Waals surface area contributed by atoms with Gasteiger partial charge in [0.15, 0.2) is 0 Å². The van der Waals surface area contributed by atoms with Crippen LogP contribution in [0.3, 0.4) is 0 Å². The maximum absolute atomic E-state index is 12.0. The molecule has 1 aromatic rings. The Kier molecular flexibility index (Phi) is 8.08. The van der Waals surface area contributed by atoms with Crippen LogP contribution in [0.1, 0.15) is 5.56 Å². The van der Waals surface area contributed by atoms with Gasteiger partial charge in [-0.2, -0.15) is 0 Å². The summed E-state index contributed by atoms with van der Waals surface area (Å²) in [5.74, 6) is -0.364. The standard InChI is InChI=1S/C15H22BrN3O3/c1-11-8-12(16)4-5-13(11)18-14(20)10-19(2)15(21)9-17-6-7-22-3/h4-5,8,17H,6-7,9-10H2,1-3H3,(H,18,20). The van der Waals surface area contributed by atoms with E-state index in [-0.39, 0.29) is 24.9 Å². The minimum Gasteiger partial charge on any atom is -0.383 e. The highest BCUT2D eigenvalue weighted by Gasteiger charge is 2.13. The number of methoxy groups -OCH3 is 1. The number of anilines is 1. The van der Waals surface area contributed by atoms with Crippen molar-refractivity contribution in [2.75, 3.05) is 45.7 Å². The van der Waals surface area contributed by atoms with Crippen LogP contribution in [0.15, 0.2) is 22.7 Å². The predicted molar refractivity (Wildman–Crippen MR) is 89.9 cm³/mol. The number of carbonyl (C=O) groups excluding carboxylic acids is 2. The van der Waals surface area contributed by atoms with E-state index in [9.17, 15) is 9.59 Å². The predicted octanol–water partition coefficient (Wildman–Crippen LogP) is 1.39. The van der Waals surface area contributed by atoms with Crippen LogP contribution in [0, 0.1) is 6.92 Å².